The summed E-state index contributed by atoms with van der Waals surface area (Å²) < 4.78 is 43.9. The van der Waals surface area contributed by atoms with Gasteiger partial charge in [0.05, 0.1) is 19.2 Å². The Balaban J connectivity index is 2.25. The van der Waals surface area contributed by atoms with Gasteiger partial charge in [0.25, 0.3) is 5.82 Å². The molecule has 0 aliphatic rings. The van der Waals surface area contributed by atoms with Gasteiger partial charge in [-0.25, -0.2) is 14.5 Å². The van der Waals surface area contributed by atoms with E-state index in [1.807, 2.05) is 0 Å². The van der Waals surface area contributed by atoms with E-state index in [0.29, 0.717) is 0 Å². The summed E-state index contributed by atoms with van der Waals surface area (Å²) in [5.41, 5.74) is -2.42. The third-order valence-corrected chi connectivity index (χ3v) is 3.19. The molecule has 1 aromatic heterocycles. The summed E-state index contributed by atoms with van der Waals surface area (Å²) >= 11 is 0. The third-order valence-electron chi connectivity index (χ3n) is 3.19. The van der Waals surface area contributed by atoms with Crippen LogP contribution in [0.1, 0.15) is 28.7 Å². The van der Waals surface area contributed by atoms with Crippen molar-refractivity contribution in [1.82, 2.24) is 14.8 Å². The number of aromatic nitrogens is 3. The minimum atomic E-state index is -4.50. The Hall–Kier alpha value is -2.42. The van der Waals surface area contributed by atoms with Gasteiger partial charge >= 0.3 is 12.1 Å². The second-order valence-corrected chi connectivity index (χ2v) is 5.11. The molecule has 1 N–H and O–H groups in total. The zero-order valence-corrected chi connectivity index (χ0v) is 12.3. The molecule has 0 fully saturated rings. The van der Waals surface area contributed by atoms with Gasteiger partial charge in [-0.15, -0.1) is 5.10 Å². The molecule has 0 saturated carbocycles. The Labute approximate surface area is 129 Å². The summed E-state index contributed by atoms with van der Waals surface area (Å²) in [6.45, 7) is 1.17. The normalized spacial score (nSPS) is 14.3. The average molecular weight is 329 g/mol. The smallest absolute Gasteiger partial charge is 0.416 e. The first-order chi connectivity index (χ1) is 10.6. The van der Waals surface area contributed by atoms with E-state index in [2.05, 4.69) is 14.8 Å². The number of esters is 1. The number of rotatable bonds is 4. The molecule has 0 bridgehead atoms. The van der Waals surface area contributed by atoms with E-state index >= 15 is 0 Å². The lowest BCUT2D eigenvalue weighted by atomic mass is 9.94. The molecular formula is C14H14F3N3O3. The number of aliphatic hydroxyl groups is 1. The van der Waals surface area contributed by atoms with Crippen LogP contribution in [-0.4, -0.2) is 33.0 Å². The molecule has 1 heterocycles. The predicted octanol–water partition coefficient (Wildman–Crippen LogP) is 1.99. The molecule has 1 unspecified atom stereocenters. The Kier molecular flexibility index (Phi) is 4.42. The summed E-state index contributed by atoms with van der Waals surface area (Å²) in [7, 11) is 1.17. The van der Waals surface area contributed by atoms with Gasteiger partial charge in [0.1, 0.15) is 11.9 Å². The molecule has 0 aliphatic heterocycles. The number of ether oxygens (including phenoxy) is 1. The lowest BCUT2D eigenvalue weighted by Gasteiger charge is -2.24. The molecule has 23 heavy (non-hydrogen) atoms. The van der Waals surface area contributed by atoms with Crippen LogP contribution < -0.4 is 0 Å². The van der Waals surface area contributed by atoms with Gasteiger partial charge in [-0.2, -0.15) is 13.2 Å². The summed E-state index contributed by atoms with van der Waals surface area (Å²) in [4.78, 5) is 15.0. The van der Waals surface area contributed by atoms with E-state index in [1.54, 1.807) is 0 Å². The maximum Gasteiger partial charge on any atom is 0.416 e. The lowest BCUT2D eigenvalue weighted by Crippen LogP contribution is -2.28. The largest absolute Gasteiger partial charge is 0.463 e. The Bertz CT molecular complexity index is 711. The van der Waals surface area contributed by atoms with Crippen molar-refractivity contribution in [2.45, 2.75) is 25.2 Å². The Morgan fingerprint density at radius 2 is 2.00 bits per heavy atom. The van der Waals surface area contributed by atoms with Crippen molar-refractivity contribution in [2.75, 3.05) is 7.11 Å². The first kappa shape index (κ1) is 16.9. The van der Waals surface area contributed by atoms with Crippen molar-refractivity contribution >= 4 is 5.97 Å². The maximum absolute atomic E-state index is 12.8. The van der Waals surface area contributed by atoms with E-state index in [4.69, 9.17) is 0 Å². The molecule has 1 aromatic carbocycles. The molecule has 9 heteroatoms. The number of alkyl halides is 3. The standard InChI is InChI=1S/C14H14F3N3O3/c1-13(22,7-20-8-18-11(19-20)12(21)23-2)9-4-3-5-10(6-9)14(15,16)17/h3-6,8,22H,7H2,1-2H3. The van der Waals surface area contributed by atoms with Crippen LogP contribution in [-0.2, 0) is 23.1 Å². The second-order valence-electron chi connectivity index (χ2n) is 5.11. The van der Waals surface area contributed by atoms with Crippen LogP contribution in [0.2, 0.25) is 0 Å². The molecule has 0 spiro atoms. The number of hydrogen-bond donors (Lipinski definition) is 1. The molecule has 0 aliphatic carbocycles. The van der Waals surface area contributed by atoms with Crippen LogP contribution in [0.25, 0.3) is 0 Å². The number of carbonyl (C=O) groups is 1. The van der Waals surface area contributed by atoms with Crippen molar-refractivity contribution in [3.05, 3.63) is 47.5 Å². The Morgan fingerprint density at radius 1 is 1.35 bits per heavy atom. The number of benzene rings is 1. The molecular weight excluding hydrogens is 315 g/mol. The molecule has 0 amide bonds. The van der Waals surface area contributed by atoms with Crippen LogP contribution in [0.4, 0.5) is 13.2 Å². The fourth-order valence-electron chi connectivity index (χ4n) is 1.99. The quantitative estimate of drug-likeness (QED) is 0.868. The van der Waals surface area contributed by atoms with Crippen molar-refractivity contribution in [3.8, 4) is 0 Å². The SMILES string of the molecule is COC(=O)c1ncn(CC(C)(O)c2cccc(C(F)(F)F)c2)n1. The van der Waals surface area contributed by atoms with Gasteiger partial charge in [-0.05, 0) is 24.6 Å². The highest BCUT2D eigenvalue weighted by atomic mass is 19.4. The number of carbonyl (C=O) groups excluding carboxylic acids is 1. The monoisotopic (exact) mass is 329 g/mol. The maximum atomic E-state index is 12.8. The summed E-state index contributed by atoms with van der Waals surface area (Å²) in [6.07, 6.45) is -3.31. The molecule has 0 radical (unpaired) electrons. The van der Waals surface area contributed by atoms with E-state index in [9.17, 15) is 23.1 Å². The van der Waals surface area contributed by atoms with E-state index in [-0.39, 0.29) is 17.9 Å². The topological polar surface area (TPSA) is 77.2 Å². The third kappa shape index (κ3) is 3.86. The number of hydrogen-bond acceptors (Lipinski definition) is 5. The van der Waals surface area contributed by atoms with Crippen LogP contribution in [0.3, 0.4) is 0 Å². The van der Waals surface area contributed by atoms with Gasteiger partial charge in [-0.1, -0.05) is 12.1 Å². The van der Waals surface area contributed by atoms with Crippen LogP contribution >= 0.6 is 0 Å². The number of halogens is 3. The first-order valence-corrected chi connectivity index (χ1v) is 6.51. The van der Waals surface area contributed by atoms with Crippen molar-refractivity contribution in [1.29, 1.82) is 0 Å². The Morgan fingerprint density at radius 3 is 2.61 bits per heavy atom. The van der Waals surface area contributed by atoms with Crippen molar-refractivity contribution in [2.24, 2.45) is 0 Å². The molecule has 2 aromatic rings. The first-order valence-electron chi connectivity index (χ1n) is 6.51. The fourth-order valence-corrected chi connectivity index (χ4v) is 1.99. The highest BCUT2D eigenvalue weighted by Gasteiger charge is 2.33. The lowest BCUT2D eigenvalue weighted by molar-refractivity contribution is -0.137. The molecule has 6 nitrogen and oxygen atoms in total. The van der Waals surface area contributed by atoms with Gasteiger partial charge in [0.2, 0.25) is 0 Å². The zero-order valence-electron chi connectivity index (χ0n) is 12.3. The van der Waals surface area contributed by atoms with E-state index in [1.165, 1.54) is 32.5 Å². The number of methoxy groups -OCH3 is 1. The molecule has 2 rings (SSSR count). The molecule has 1 atom stereocenters. The van der Waals surface area contributed by atoms with E-state index < -0.39 is 23.3 Å². The fraction of sp³-hybridized carbons (Fsp3) is 0.357. The summed E-state index contributed by atoms with van der Waals surface area (Å²) in [6, 6.07) is 4.39. The van der Waals surface area contributed by atoms with Crippen LogP contribution in [0.5, 0.6) is 0 Å². The van der Waals surface area contributed by atoms with Crippen molar-refractivity contribution in [3.63, 3.8) is 0 Å². The second kappa shape index (κ2) is 5.99. The minimum absolute atomic E-state index is 0.0717. The molecule has 124 valence electrons. The molecule has 0 saturated heterocycles. The minimum Gasteiger partial charge on any atom is -0.463 e. The van der Waals surface area contributed by atoms with E-state index in [0.717, 1.165) is 16.8 Å². The average Bonchev–Trinajstić information content (AvgIpc) is 2.93. The summed E-state index contributed by atoms with van der Waals surface area (Å²) in [5, 5.41) is 14.3. The van der Waals surface area contributed by atoms with Gasteiger partial charge in [0, 0.05) is 0 Å². The highest BCUT2D eigenvalue weighted by Crippen LogP contribution is 2.32. The van der Waals surface area contributed by atoms with Gasteiger partial charge < -0.3 is 9.84 Å². The summed E-state index contributed by atoms with van der Waals surface area (Å²) in [5.74, 6) is -0.949. The van der Waals surface area contributed by atoms with Crippen LogP contribution in [0, 0.1) is 0 Å². The van der Waals surface area contributed by atoms with Crippen LogP contribution in [0.15, 0.2) is 30.6 Å². The van der Waals surface area contributed by atoms with Gasteiger partial charge in [0.15, 0.2) is 0 Å². The highest BCUT2D eigenvalue weighted by molar-refractivity contribution is 5.84. The number of nitrogens with zero attached hydrogens (tertiary/aromatic N) is 3. The van der Waals surface area contributed by atoms with Gasteiger partial charge in [-0.3, -0.25) is 0 Å². The predicted molar refractivity (Wildman–Crippen MR) is 72.4 cm³/mol. The van der Waals surface area contributed by atoms with Crippen molar-refractivity contribution < 1.29 is 27.8 Å². The zero-order chi connectivity index (χ0) is 17.3.